The van der Waals surface area contributed by atoms with Crippen molar-refractivity contribution < 1.29 is 23.7 Å². The smallest absolute Gasteiger partial charge is 0.326 e. The standard InChI is InChI=1S/C14H21NO6/c1-3-19-7-8-20-9-10-21-13(16)11-15-6-4-5-12(18-2)14(15)17/h4-6H,3,7-11H2,1-2H3. The molecule has 0 spiro atoms. The fourth-order valence-corrected chi connectivity index (χ4v) is 1.56. The average molecular weight is 299 g/mol. The van der Waals surface area contributed by atoms with Crippen LogP contribution >= 0.6 is 0 Å². The number of hydrogen-bond donors (Lipinski definition) is 0. The van der Waals surface area contributed by atoms with Crippen molar-refractivity contribution in [2.75, 3.05) is 40.1 Å². The lowest BCUT2D eigenvalue weighted by Gasteiger charge is -2.08. The number of pyridine rings is 1. The third kappa shape index (κ3) is 6.42. The van der Waals surface area contributed by atoms with Crippen LogP contribution in [0.5, 0.6) is 5.75 Å². The lowest BCUT2D eigenvalue weighted by molar-refractivity contribution is -0.146. The van der Waals surface area contributed by atoms with E-state index < -0.39 is 5.97 Å². The van der Waals surface area contributed by atoms with Gasteiger partial charge in [-0.1, -0.05) is 0 Å². The number of aromatic nitrogens is 1. The third-order valence-electron chi connectivity index (χ3n) is 2.57. The van der Waals surface area contributed by atoms with Gasteiger partial charge in [0.05, 0.1) is 26.9 Å². The summed E-state index contributed by atoms with van der Waals surface area (Å²) in [5, 5.41) is 0. The molecule has 21 heavy (non-hydrogen) atoms. The van der Waals surface area contributed by atoms with Crippen molar-refractivity contribution >= 4 is 5.97 Å². The highest BCUT2D eigenvalue weighted by atomic mass is 16.6. The van der Waals surface area contributed by atoms with Crippen LogP contribution in [0, 0.1) is 0 Å². The van der Waals surface area contributed by atoms with Crippen molar-refractivity contribution in [1.29, 1.82) is 0 Å². The number of rotatable bonds is 10. The van der Waals surface area contributed by atoms with Crippen molar-refractivity contribution in [3.63, 3.8) is 0 Å². The molecule has 0 fully saturated rings. The predicted octanol–water partition coefficient (Wildman–Crippen LogP) is 0.453. The summed E-state index contributed by atoms with van der Waals surface area (Å²) in [6.45, 7) is 3.81. The van der Waals surface area contributed by atoms with Crippen LogP contribution in [0.3, 0.4) is 0 Å². The first-order valence-corrected chi connectivity index (χ1v) is 6.73. The highest BCUT2D eigenvalue weighted by Gasteiger charge is 2.08. The molecule has 1 aromatic heterocycles. The monoisotopic (exact) mass is 299 g/mol. The molecular formula is C14H21NO6. The molecule has 0 atom stereocenters. The summed E-state index contributed by atoms with van der Waals surface area (Å²) in [6.07, 6.45) is 1.50. The van der Waals surface area contributed by atoms with Crippen molar-refractivity contribution in [1.82, 2.24) is 4.57 Å². The van der Waals surface area contributed by atoms with Crippen LogP contribution in [0.25, 0.3) is 0 Å². The molecule has 1 heterocycles. The SMILES string of the molecule is CCOCCOCCOC(=O)Cn1cccc(OC)c1=O. The minimum atomic E-state index is -0.501. The molecule has 1 aromatic rings. The van der Waals surface area contributed by atoms with Crippen LogP contribution in [0.2, 0.25) is 0 Å². The van der Waals surface area contributed by atoms with Crippen LogP contribution in [0.4, 0.5) is 0 Å². The zero-order chi connectivity index (χ0) is 15.5. The second kappa shape index (κ2) is 9.95. The predicted molar refractivity (Wildman–Crippen MR) is 75.5 cm³/mol. The molecule has 0 unspecified atom stereocenters. The van der Waals surface area contributed by atoms with Gasteiger partial charge in [-0.3, -0.25) is 9.59 Å². The summed E-state index contributed by atoms with van der Waals surface area (Å²) in [5.41, 5.74) is -0.370. The van der Waals surface area contributed by atoms with Gasteiger partial charge in [0.1, 0.15) is 13.2 Å². The highest BCUT2D eigenvalue weighted by Crippen LogP contribution is 2.00. The van der Waals surface area contributed by atoms with Gasteiger partial charge in [-0.15, -0.1) is 0 Å². The van der Waals surface area contributed by atoms with E-state index in [0.717, 1.165) is 0 Å². The minimum absolute atomic E-state index is 0.143. The average Bonchev–Trinajstić information content (AvgIpc) is 2.48. The molecular weight excluding hydrogens is 278 g/mol. The Hall–Kier alpha value is -1.86. The Bertz CT molecular complexity index is 485. The molecule has 0 aromatic carbocycles. The van der Waals surface area contributed by atoms with Crippen molar-refractivity contribution in [2.24, 2.45) is 0 Å². The Morgan fingerprint density at radius 1 is 1.19 bits per heavy atom. The summed E-state index contributed by atoms with van der Waals surface area (Å²) in [5.74, 6) is -0.316. The summed E-state index contributed by atoms with van der Waals surface area (Å²) >= 11 is 0. The molecule has 0 radical (unpaired) electrons. The third-order valence-corrected chi connectivity index (χ3v) is 2.57. The lowest BCUT2D eigenvalue weighted by atomic mass is 10.4. The minimum Gasteiger partial charge on any atom is -0.491 e. The maximum atomic E-state index is 11.8. The quantitative estimate of drug-likeness (QED) is 0.461. The fourth-order valence-electron chi connectivity index (χ4n) is 1.56. The Morgan fingerprint density at radius 3 is 2.62 bits per heavy atom. The van der Waals surface area contributed by atoms with E-state index >= 15 is 0 Å². The van der Waals surface area contributed by atoms with E-state index in [1.807, 2.05) is 6.92 Å². The van der Waals surface area contributed by atoms with Gasteiger partial charge in [-0.05, 0) is 19.1 Å². The maximum absolute atomic E-state index is 11.8. The van der Waals surface area contributed by atoms with E-state index in [0.29, 0.717) is 26.4 Å². The van der Waals surface area contributed by atoms with E-state index in [9.17, 15) is 9.59 Å². The van der Waals surface area contributed by atoms with Gasteiger partial charge in [0.25, 0.3) is 5.56 Å². The zero-order valence-corrected chi connectivity index (χ0v) is 12.4. The summed E-state index contributed by atoms with van der Waals surface area (Å²) < 4.78 is 21.4. The van der Waals surface area contributed by atoms with Gasteiger partial charge in [-0.2, -0.15) is 0 Å². The molecule has 0 bridgehead atoms. The largest absolute Gasteiger partial charge is 0.491 e. The second-order valence-corrected chi connectivity index (χ2v) is 4.04. The van der Waals surface area contributed by atoms with Crippen molar-refractivity contribution in [3.05, 3.63) is 28.7 Å². The van der Waals surface area contributed by atoms with E-state index in [1.165, 1.54) is 23.9 Å². The topological polar surface area (TPSA) is 76.0 Å². The van der Waals surface area contributed by atoms with Gasteiger partial charge in [0.15, 0.2) is 5.75 Å². The Balaban J connectivity index is 2.27. The van der Waals surface area contributed by atoms with Gasteiger partial charge >= 0.3 is 5.97 Å². The molecule has 7 heteroatoms. The van der Waals surface area contributed by atoms with Crippen molar-refractivity contribution in [2.45, 2.75) is 13.5 Å². The molecule has 0 amide bonds. The van der Waals surface area contributed by atoms with Crippen LogP contribution in [-0.2, 0) is 25.5 Å². The summed E-state index contributed by atoms with van der Waals surface area (Å²) in [6, 6.07) is 3.17. The first kappa shape index (κ1) is 17.2. The highest BCUT2D eigenvalue weighted by molar-refractivity contribution is 5.69. The van der Waals surface area contributed by atoms with Gasteiger partial charge < -0.3 is 23.5 Å². The number of methoxy groups -OCH3 is 1. The Labute approximate surface area is 123 Å². The van der Waals surface area contributed by atoms with Gasteiger partial charge in [0.2, 0.25) is 0 Å². The molecule has 0 N–H and O–H groups in total. The van der Waals surface area contributed by atoms with Crippen molar-refractivity contribution in [3.8, 4) is 5.75 Å². The number of carbonyl (C=O) groups excluding carboxylic acids is 1. The van der Waals surface area contributed by atoms with Crippen LogP contribution in [0.15, 0.2) is 23.1 Å². The van der Waals surface area contributed by atoms with Crippen LogP contribution in [-0.4, -0.2) is 50.7 Å². The first-order chi connectivity index (χ1) is 10.2. The van der Waals surface area contributed by atoms with E-state index in [4.69, 9.17) is 18.9 Å². The molecule has 0 aliphatic heterocycles. The van der Waals surface area contributed by atoms with E-state index in [2.05, 4.69) is 0 Å². The van der Waals surface area contributed by atoms with Gasteiger partial charge in [-0.25, -0.2) is 0 Å². The number of esters is 1. The fraction of sp³-hybridized carbons (Fsp3) is 0.571. The van der Waals surface area contributed by atoms with Gasteiger partial charge in [0, 0.05) is 12.8 Å². The lowest BCUT2D eigenvalue weighted by Crippen LogP contribution is -2.26. The molecule has 0 aliphatic rings. The van der Waals surface area contributed by atoms with Crippen LogP contribution in [0.1, 0.15) is 6.92 Å². The number of hydrogen-bond acceptors (Lipinski definition) is 6. The molecule has 0 saturated heterocycles. The summed E-state index contributed by atoms with van der Waals surface area (Å²) in [4.78, 5) is 23.4. The van der Waals surface area contributed by atoms with E-state index in [-0.39, 0.29) is 24.5 Å². The summed E-state index contributed by atoms with van der Waals surface area (Å²) in [7, 11) is 1.40. The molecule has 7 nitrogen and oxygen atoms in total. The molecule has 0 aliphatic carbocycles. The van der Waals surface area contributed by atoms with Crippen LogP contribution < -0.4 is 10.3 Å². The zero-order valence-electron chi connectivity index (χ0n) is 12.4. The Morgan fingerprint density at radius 2 is 1.90 bits per heavy atom. The number of nitrogens with zero attached hydrogens (tertiary/aromatic N) is 1. The maximum Gasteiger partial charge on any atom is 0.326 e. The first-order valence-electron chi connectivity index (χ1n) is 6.73. The Kier molecular flexibility index (Phi) is 8.15. The molecule has 0 saturated carbocycles. The molecule has 1 rings (SSSR count). The second-order valence-electron chi connectivity index (χ2n) is 4.04. The number of ether oxygens (including phenoxy) is 4. The molecule has 118 valence electrons. The normalized spacial score (nSPS) is 10.4. The number of carbonyl (C=O) groups is 1. The van der Waals surface area contributed by atoms with E-state index in [1.54, 1.807) is 6.07 Å².